The number of hydrogen-bond acceptors (Lipinski definition) is 4. The number of hydrogen-bond donors (Lipinski definition) is 2. The SMILES string of the molecule is CC(C)n1cc(CNc2ccc(S(N)(=O)=O)cc2)cn1. The van der Waals surface area contributed by atoms with Gasteiger partial charge in [-0.1, -0.05) is 0 Å². The molecule has 0 amide bonds. The van der Waals surface area contributed by atoms with Crippen LogP contribution in [0.15, 0.2) is 41.6 Å². The van der Waals surface area contributed by atoms with E-state index in [0.29, 0.717) is 12.6 Å². The van der Waals surface area contributed by atoms with Crippen LogP contribution >= 0.6 is 0 Å². The van der Waals surface area contributed by atoms with Crippen LogP contribution in [0.25, 0.3) is 0 Å². The highest BCUT2D eigenvalue weighted by Gasteiger charge is 2.07. The predicted molar refractivity (Wildman–Crippen MR) is 77.8 cm³/mol. The van der Waals surface area contributed by atoms with Crippen molar-refractivity contribution in [1.82, 2.24) is 9.78 Å². The van der Waals surface area contributed by atoms with E-state index in [9.17, 15) is 8.42 Å². The standard InChI is InChI=1S/C13H18N4O2S/c1-10(2)17-9-11(8-16-17)7-15-12-3-5-13(6-4-12)20(14,18)19/h3-6,8-10,15H,7H2,1-2H3,(H2,14,18,19). The van der Waals surface area contributed by atoms with Crippen LogP contribution in [0.4, 0.5) is 5.69 Å². The fourth-order valence-corrected chi connectivity index (χ4v) is 2.23. The molecule has 0 aliphatic heterocycles. The summed E-state index contributed by atoms with van der Waals surface area (Å²) in [6.07, 6.45) is 3.79. The number of benzene rings is 1. The second kappa shape index (κ2) is 5.64. The molecular formula is C13H18N4O2S. The lowest BCUT2D eigenvalue weighted by Gasteiger charge is -2.06. The highest BCUT2D eigenvalue weighted by molar-refractivity contribution is 7.89. The average Bonchev–Trinajstić information content (AvgIpc) is 2.85. The van der Waals surface area contributed by atoms with Crippen molar-refractivity contribution in [2.45, 2.75) is 31.3 Å². The lowest BCUT2D eigenvalue weighted by Crippen LogP contribution is -2.11. The Labute approximate surface area is 118 Å². The Morgan fingerprint density at radius 2 is 1.95 bits per heavy atom. The summed E-state index contributed by atoms with van der Waals surface area (Å²) in [4.78, 5) is 0.107. The zero-order valence-corrected chi connectivity index (χ0v) is 12.3. The van der Waals surface area contributed by atoms with Crippen molar-refractivity contribution in [2.75, 3.05) is 5.32 Å². The van der Waals surface area contributed by atoms with Crippen LogP contribution in [-0.2, 0) is 16.6 Å². The third-order valence-electron chi connectivity index (χ3n) is 2.86. The molecule has 0 radical (unpaired) electrons. The maximum atomic E-state index is 11.1. The summed E-state index contributed by atoms with van der Waals surface area (Å²) in [5.41, 5.74) is 1.89. The van der Waals surface area contributed by atoms with Gasteiger partial charge in [0, 0.05) is 30.0 Å². The number of nitrogens with zero attached hydrogens (tertiary/aromatic N) is 2. The Bertz CT molecular complexity index is 675. The second-order valence-electron chi connectivity index (χ2n) is 4.85. The fraction of sp³-hybridized carbons (Fsp3) is 0.308. The van der Waals surface area contributed by atoms with Gasteiger partial charge in [0.1, 0.15) is 0 Å². The van der Waals surface area contributed by atoms with E-state index < -0.39 is 10.0 Å². The summed E-state index contributed by atoms with van der Waals surface area (Å²) in [6, 6.07) is 6.67. The monoisotopic (exact) mass is 294 g/mol. The Morgan fingerprint density at radius 3 is 2.45 bits per heavy atom. The van der Waals surface area contributed by atoms with Crippen molar-refractivity contribution < 1.29 is 8.42 Å². The molecule has 0 fully saturated rings. The minimum Gasteiger partial charge on any atom is -0.381 e. The Kier molecular flexibility index (Phi) is 4.10. The van der Waals surface area contributed by atoms with E-state index in [1.807, 2.05) is 17.1 Å². The molecule has 1 aromatic carbocycles. The van der Waals surface area contributed by atoms with E-state index in [1.165, 1.54) is 12.1 Å². The molecule has 1 aromatic heterocycles. The quantitative estimate of drug-likeness (QED) is 0.878. The number of rotatable bonds is 5. The van der Waals surface area contributed by atoms with Crippen molar-refractivity contribution in [3.05, 3.63) is 42.2 Å². The third kappa shape index (κ3) is 3.58. The highest BCUT2D eigenvalue weighted by atomic mass is 32.2. The zero-order valence-electron chi connectivity index (χ0n) is 11.4. The van der Waals surface area contributed by atoms with Crippen LogP contribution in [0.5, 0.6) is 0 Å². The third-order valence-corrected chi connectivity index (χ3v) is 3.79. The molecule has 0 atom stereocenters. The number of aromatic nitrogens is 2. The molecule has 0 bridgehead atoms. The fourth-order valence-electron chi connectivity index (χ4n) is 1.72. The molecule has 0 saturated carbocycles. The van der Waals surface area contributed by atoms with Crippen LogP contribution < -0.4 is 10.5 Å². The van der Waals surface area contributed by atoms with Crippen molar-refractivity contribution in [3.8, 4) is 0 Å². The Morgan fingerprint density at radius 1 is 1.30 bits per heavy atom. The summed E-state index contributed by atoms with van der Waals surface area (Å²) >= 11 is 0. The molecule has 3 N–H and O–H groups in total. The second-order valence-corrected chi connectivity index (χ2v) is 6.41. The Balaban J connectivity index is 2.00. The number of nitrogens with one attached hydrogen (secondary N) is 1. The van der Waals surface area contributed by atoms with Crippen LogP contribution in [0.3, 0.4) is 0 Å². The molecule has 0 unspecified atom stereocenters. The van der Waals surface area contributed by atoms with Gasteiger partial charge < -0.3 is 5.32 Å². The number of sulfonamides is 1. The topological polar surface area (TPSA) is 90.0 Å². The summed E-state index contributed by atoms with van der Waals surface area (Å²) in [6.45, 7) is 4.76. The number of anilines is 1. The van der Waals surface area contributed by atoms with Crippen molar-refractivity contribution in [3.63, 3.8) is 0 Å². The first-order valence-electron chi connectivity index (χ1n) is 6.26. The normalized spacial score (nSPS) is 11.8. The molecule has 108 valence electrons. The smallest absolute Gasteiger partial charge is 0.238 e. The summed E-state index contributed by atoms with van der Waals surface area (Å²) in [5, 5.41) is 12.5. The molecule has 0 aliphatic carbocycles. The van der Waals surface area contributed by atoms with Gasteiger partial charge in [-0.2, -0.15) is 5.10 Å². The van der Waals surface area contributed by atoms with Crippen LogP contribution in [0.1, 0.15) is 25.5 Å². The zero-order chi connectivity index (χ0) is 14.8. The summed E-state index contributed by atoms with van der Waals surface area (Å²) < 4.78 is 24.2. The maximum absolute atomic E-state index is 11.1. The first-order chi connectivity index (χ1) is 9.36. The van der Waals surface area contributed by atoms with Crippen LogP contribution in [0, 0.1) is 0 Å². The average molecular weight is 294 g/mol. The van der Waals surface area contributed by atoms with Crippen LogP contribution in [0.2, 0.25) is 0 Å². The van der Waals surface area contributed by atoms with Gasteiger partial charge in [-0.15, -0.1) is 0 Å². The van der Waals surface area contributed by atoms with Crippen molar-refractivity contribution in [1.29, 1.82) is 0 Å². The maximum Gasteiger partial charge on any atom is 0.238 e. The van der Waals surface area contributed by atoms with E-state index in [-0.39, 0.29) is 4.90 Å². The predicted octanol–water partition coefficient (Wildman–Crippen LogP) is 1.72. The van der Waals surface area contributed by atoms with Crippen molar-refractivity contribution >= 4 is 15.7 Å². The number of nitrogens with two attached hydrogens (primary N) is 1. The van der Waals surface area contributed by atoms with Gasteiger partial charge in [-0.25, -0.2) is 13.6 Å². The van der Waals surface area contributed by atoms with Crippen LogP contribution in [-0.4, -0.2) is 18.2 Å². The van der Waals surface area contributed by atoms with E-state index in [2.05, 4.69) is 24.3 Å². The molecule has 2 aromatic rings. The molecule has 0 saturated heterocycles. The van der Waals surface area contributed by atoms with Gasteiger partial charge in [0.05, 0.1) is 11.1 Å². The van der Waals surface area contributed by atoms with E-state index in [4.69, 9.17) is 5.14 Å². The van der Waals surface area contributed by atoms with Gasteiger partial charge >= 0.3 is 0 Å². The lowest BCUT2D eigenvalue weighted by atomic mass is 10.3. The molecule has 7 heteroatoms. The van der Waals surface area contributed by atoms with E-state index in [1.54, 1.807) is 12.1 Å². The molecule has 0 aliphatic rings. The summed E-state index contributed by atoms with van der Waals surface area (Å²) in [7, 11) is -3.63. The molecule has 6 nitrogen and oxygen atoms in total. The first kappa shape index (κ1) is 14.5. The molecule has 0 spiro atoms. The lowest BCUT2D eigenvalue weighted by molar-refractivity contribution is 0.532. The molecule has 20 heavy (non-hydrogen) atoms. The molecule has 1 heterocycles. The van der Waals surface area contributed by atoms with Gasteiger partial charge in [-0.3, -0.25) is 4.68 Å². The first-order valence-corrected chi connectivity index (χ1v) is 7.80. The minimum absolute atomic E-state index is 0.107. The molecule has 2 rings (SSSR count). The molecular weight excluding hydrogens is 276 g/mol. The van der Waals surface area contributed by atoms with Gasteiger partial charge in [0.15, 0.2) is 0 Å². The Hall–Kier alpha value is -1.86. The summed E-state index contributed by atoms with van der Waals surface area (Å²) in [5.74, 6) is 0. The number of primary sulfonamides is 1. The van der Waals surface area contributed by atoms with E-state index >= 15 is 0 Å². The van der Waals surface area contributed by atoms with E-state index in [0.717, 1.165) is 11.3 Å². The largest absolute Gasteiger partial charge is 0.381 e. The van der Waals surface area contributed by atoms with Crippen molar-refractivity contribution in [2.24, 2.45) is 5.14 Å². The van der Waals surface area contributed by atoms with Gasteiger partial charge in [0.2, 0.25) is 10.0 Å². The van der Waals surface area contributed by atoms with Gasteiger partial charge in [-0.05, 0) is 38.1 Å². The minimum atomic E-state index is -3.63. The highest BCUT2D eigenvalue weighted by Crippen LogP contribution is 2.14. The van der Waals surface area contributed by atoms with Gasteiger partial charge in [0.25, 0.3) is 0 Å².